The second-order valence-electron chi connectivity index (χ2n) is 6.57. The van der Waals surface area contributed by atoms with E-state index in [-0.39, 0.29) is 12.4 Å². The Morgan fingerprint density at radius 1 is 1.29 bits per heavy atom. The van der Waals surface area contributed by atoms with Gasteiger partial charge in [-0.15, -0.1) is 0 Å². The minimum absolute atomic E-state index is 0.0864. The van der Waals surface area contributed by atoms with E-state index in [2.05, 4.69) is 15.7 Å². The fraction of sp³-hybridized carbons (Fsp3) is 0.643. The molecule has 7 heteroatoms. The van der Waals surface area contributed by atoms with Crippen LogP contribution in [0, 0.1) is 0 Å². The number of aryl methyl sites for hydroxylation is 1. The van der Waals surface area contributed by atoms with Gasteiger partial charge in [-0.05, 0) is 34.6 Å². The molecular formula is C14H24N4O3. The van der Waals surface area contributed by atoms with E-state index in [0.29, 0.717) is 5.82 Å². The fourth-order valence-electron chi connectivity index (χ4n) is 1.73. The van der Waals surface area contributed by atoms with Crippen LogP contribution in [0.25, 0.3) is 0 Å². The van der Waals surface area contributed by atoms with Crippen molar-refractivity contribution in [2.45, 2.75) is 52.2 Å². The molecule has 0 saturated carbocycles. The highest BCUT2D eigenvalue weighted by molar-refractivity contribution is 5.89. The van der Waals surface area contributed by atoms with Crippen LogP contribution in [-0.4, -0.2) is 32.9 Å². The van der Waals surface area contributed by atoms with E-state index in [1.807, 2.05) is 0 Å². The first-order valence-corrected chi connectivity index (χ1v) is 6.77. The Morgan fingerprint density at radius 2 is 1.90 bits per heavy atom. The van der Waals surface area contributed by atoms with Crippen molar-refractivity contribution in [1.82, 2.24) is 15.1 Å². The Bertz CT molecular complexity index is 515. The molecular weight excluding hydrogens is 272 g/mol. The number of aromatic nitrogens is 2. The van der Waals surface area contributed by atoms with Crippen LogP contribution in [0.1, 0.15) is 41.0 Å². The van der Waals surface area contributed by atoms with Gasteiger partial charge in [0.15, 0.2) is 0 Å². The SMILES string of the molecule is Cn1nccc1NC(=O)NC(C)(C)CC(=O)OC(C)(C)C. The first-order valence-electron chi connectivity index (χ1n) is 6.77. The third-order valence-electron chi connectivity index (χ3n) is 2.52. The van der Waals surface area contributed by atoms with Crippen LogP contribution in [0.5, 0.6) is 0 Å². The molecule has 0 saturated heterocycles. The molecule has 2 N–H and O–H groups in total. The molecule has 118 valence electrons. The molecule has 0 aliphatic heterocycles. The van der Waals surface area contributed by atoms with Gasteiger partial charge in [0.2, 0.25) is 0 Å². The summed E-state index contributed by atoms with van der Waals surface area (Å²) < 4.78 is 6.80. The van der Waals surface area contributed by atoms with Gasteiger partial charge in [-0.3, -0.25) is 14.8 Å². The van der Waals surface area contributed by atoms with E-state index in [0.717, 1.165) is 0 Å². The van der Waals surface area contributed by atoms with E-state index < -0.39 is 17.2 Å². The smallest absolute Gasteiger partial charge is 0.320 e. The minimum atomic E-state index is -0.717. The first-order chi connectivity index (χ1) is 9.48. The van der Waals surface area contributed by atoms with Gasteiger partial charge in [0.25, 0.3) is 0 Å². The minimum Gasteiger partial charge on any atom is -0.460 e. The molecule has 0 bridgehead atoms. The number of urea groups is 1. The number of anilines is 1. The Hall–Kier alpha value is -2.05. The molecule has 1 aromatic rings. The highest BCUT2D eigenvalue weighted by Crippen LogP contribution is 2.15. The number of ether oxygens (including phenoxy) is 1. The summed E-state index contributed by atoms with van der Waals surface area (Å²) in [6, 6.07) is 1.28. The number of nitrogens with one attached hydrogen (secondary N) is 2. The number of carbonyl (C=O) groups excluding carboxylic acids is 2. The quantitative estimate of drug-likeness (QED) is 0.833. The molecule has 0 aromatic carbocycles. The maximum absolute atomic E-state index is 11.9. The van der Waals surface area contributed by atoms with Gasteiger partial charge in [-0.1, -0.05) is 0 Å². The summed E-state index contributed by atoms with van der Waals surface area (Å²) in [7, 11) is 1.72. The molecule has 0 unspecified atom stereocenters. The Morgan fingerprint density at radius 3 is 2.38 bits per heavy atom. The average Bonchev–Trinajstić information content (AvgIpc) is 2.58. The molecule has 7 nitrogen and oxygen atoms in total. The molecule has 1 rings (SSSR count). The predicted octanol–water partition coefficient (Wildman–Crippen LogP) is 2.05. The van der Waals surface area contributed by atoms with Crippen LogP contribution >= 0.6 is 0 Å². The number of rotatable bonds is 4. The van der Waals surface area contributed by atoms with Gasteiger partial charge < -0.3 is 10.1 Å². The van der Waals surface area contributed by atoms with Crippen LogP contribution in [0.15, 0.2) is 12.3 Å². The van der Waals surface area contributed by atoms with Gasteiger partial charge in [0.1, 0.15) is 11.4 Å². The zero-order chi connectivity index (χ0) is 16.3. The number of hydrogen-bond donors (Lipinski definition) is 2. The molecule has 0 aliphatic carbocycles. The van der Waals surface area contributed by atoms with E-state index in [1.54, 1.807) is 58.6 Å². The monoisotopic (exact) mass is 296 g/mol. The standard InChI is InChI=1S/C14H24N4O3/c1-13(2,3)21-11(19)9-14(4,5)17-12(20)16-10-7-8-15-18(10)6/h7-8H,9H2,1-6H3,(H2,16,17,20). The maximum Gasteiger partial charge on any atom is 0.320 e. The molecule has 1 heterocycles. The van der Waals surface area contributed by atoms with Crippen molar-refractivity contribution in [3.63, 3.8) is 0 Å². The Kier molecular flexibility index (Phi) is 4.98. The average molecular weight is 296 g/mol. The molecule has 0 atom stereocenters. The summed E-state index contributed by atoms with van der Waals surface area (Å²) in [5.41, 5.74) is -1.25. The summed E-state index contributed by atoms with van der Waals surface area (Å²) >= 11 is 0. The molecule has 0 radical (unpaired) electrons. The summed E-state index contributed by atoms with van der Waals surface area (Å²) in [5.74, 6) is 0.217. The number of amides is 2. The lowest BCUT2D eigenvalue weighted by Crippen LogP contribution is -2.47. The molecule has 1 aromatic heterocycles. The fourth-order valence-corrected chi connectivity index (χ4v) is 1.73. The van der Waals surface area contributed by atoms with Crippen molar-refractivity contribution in [1.29, 1.82) is 0 Å². The van der Waals surface area contributed by atoms with Gasteiger partial charge in [-0.2, -0.15) is 5.10 Å². The van der Waals surface area contributed by atoms with E-state index >= 15 is 0 Å². The van der Waals surface area contributed by atoms with Crippen molar-refractivity contribution < 1.29 is 14.3 Å². The zero-order valence-electron chi connectivity index (χ0n) is 13.5. The van der Waals surface area contributed by atoms with Crippen molar-refractivity contribution in [3.05, 3.63) is 12.3 Å². The highest BCUT2D eigenvalue weighted by atomic mass is 16.6. The molecule has 0 fully saturated rings. The van der Waals surface area contributed by atoms with Gasteiger partial charge in [-0.25, -0.2) is 4.79 Å². The van der Waals surface area contributed by atoms with Gasteiger partial charge in [0, 0.05) is 18.7 Å². The summed E-state index contributed by atoms with van der Waals surface area (Å²) in [4.78, 5) is 23.7. The zero-order valence-corrected chi connectivity index (χ0v) is 13.5. The van der Waals surface area contributed by atoms with E-state index in [4.69, 9.17) is 4.74 Å². The maximum atomic E-state index is 11.9. The highest BCUT2D eigenvalue weighted by Gasteiger charge is 2.27. The van der Waals surface area contributed by atoms with Crippen LogP contribution < -0.4 is 10.6 Å². The lowest BCUT2D eigenvalue weighted by molar-refractivity contribution is -0.156. The second-order valence-corrected chi connectivity index (χ2v) is 6.57. The molecule has 2 amide bonds. The number of hydrogen-bond acceptors (Lipinski definition) is 4. The van der Waals surface area contributed by atoms with Crippen molar-refractivity contribution >= 4 is 17.8 Å². The summed E-state index contributed by atoms with van der Waals surface area (Å²) in [6.45, 7) is 8.95. The van der Waals surface area contributed by atoms with E-state index in [9.17, 15) is 9.59 Å². The summed E-state index contributed by atoms with van der Waals surface area (Å²) in [5, 5.41) is 9.37. The third-order valence-corrected chi connectivity index (χ3v) is 2.52. The Labute approximate surface area is 125 Å². The first kappa shape index (κ1) is 17.0. The lowest BCUT2D eigenvalue weighted by atomic mass is 10.0. The second kappa shape index (κ2) is 6.15. The largest absolute Gasteiger partial charge is 0.460 e. The molecule has 0 spiro atoms. The lowest BCUT2D eigenvalue weighted by Gasteiger charge is -2.27. The topological polar surface area (TPSA) is 85.3 Å². The van der Waals surface area contributed by atoms with Crippen LogP contribution in [0.2, 0.25) is 0 Å². The molecule has 21 heavy (non-hydrogen) atoms. The van der Waals surface area contributed by atoms with Gasteiger partial charge >= 0.3 is 12.0 Å². The van der Waals surface area contributed by atoms with Crippen LogP contribution in [-0.2, 0) is 16.6 Å². The number of carbonyl (C=O) groups is 2. The number of nitrogens with zero attached hydrogens (tertiary/aromatic N) is 2. The van der Waals surface area contributed by atoms with Crippen molar-refractivity contribution in [2.75, 3.05) is 5.32 Å². The Balaban J connectivity index is 2.53. The van der Waals surface area contributed by atoms with Crippen LogP contribution in [0.4, 0.5) is 10.6 Å². The van der Waals surface area contributed by atoms with Gasteiger partial charge in [0.05, 0.1) is 12.6 Å². The normalized spacial score (nSPS) is 11.9. The third kappa shape index (κ3) is 6.29. The predicted molar refractivity (Wildman–Crippen MR) is 79.9 cm³/mol. The van der Waals surface area contributed by atoms with Crippen molar-refractivity contribution in [3.8, 4) is 0 Å². The van der Waals surface area contributed by atoms with Crippen molar-refractivity contribution in [2.24, 2.45) is 7.05 Å². The number of esters is 1. The van der Waals surface area contributed by atoms with Crippen LogP contribution in [0.3, 0.4) is 0 Å². The molecule has 0 aliphatic rings. The van der Waals surface area contributed by atoms with E-state index in [1.165, 1.54) is 0 Å². The summed E-state index contributed by atoms with van der Waals surface area (Å²) in [6.07, 6.45) is 1.67.